The second kappa shape index (κ2) is 8.14. The third kappa shape index (κ3) is 4.10. The van der Waals surface area contributed by atoms with Crippen molar-refractivity contribution in [3.63, 3.8) is 0 Å². The Bertz CT molecular complexity index is 1140. The van der Waals surface area contributed by atoms with Crippen molar-refractivity contribution >= 4 is 17.8 Å². The lowest BCUT2D eigenvalue weighted by Gasteiger charge is -2.19. The van der Waals surface area contributed by atoms with Gasteiger partial charge in [0.15, 0.2) is 0 Å². The number of nitro benzene ring substituents is 1. The zero-order chi connectivity index (χ0) is 22.0. The van der Waals surface area contributed by atoms with Crippen molar-refractivity contribution in [2.24, 2.45) is 11.0 Å². The minimum Gasteiger partial charge on any atom is -0.273 e. The topological polar surface area (TPSA) is 84.6 Å². The molecule has 1 fully saturated rings. The number of rotatable bonds is 6. The van der Waals surface area contributed by atoms with Gasteiger partial charge in [0.25, 0.3) is 5.69 Å². The molecule has 6 heteroatoms. The predicted octanol–water partition coefficient (Wildman–Crippen LogP) is 4.67. The molecule has 1 saturated carbocycles. The maximum absolute atomic E-state index is 13.0. The fourth-order valence-corrected chi connectivity index (χ4v) is 4.20. The summed E-state index contributed by atoms with van der Waals surface area (Å²) in [4.78, 5) is 23.4. The molecular formula is C25H23N3O3. The molecule has 0 aromatic heterocycles. The number of hydrazone groups is 1. The lowest BCUT2D eigenvalue weighted by atomic mass is 9.84. The number of carbonyl (C=O) groups is 1. The minimum absolute atomic E-state index is 0.0182. The number of carbonyl (C=O) groups excluding carboxylic acids is 1. The van der Waals surface area contributed by atoms with E-state index in [1.807, 2.05) is 38.1 Å². The van der Waals surface area contributed by atoms with Gasteiger partial charge in [0, 0.05) is 23.1 Å². The molecular weight excluding hydrogens is 390 g/mol. The highest BCUT2D eigenvalue weighted by Crippen LogP contribution is 2.59. The van der Waals surface area contributed by atoms with Gasteiger partial charge < -0.3 is 0 Å². The van der Waals surface area contributed by atoms with Crippen LogP contribution in [0, 0.1) is 29.9 Å². The molecule has 0 bridgehead atoms. The molecule has 6 nitrogen and oxygen atoms in total. The van der Waals surface area contributed by atoms with Crippen LogP contribution in [0.2, 0.25) is 0 Å². The lowest BCUT2D eigenvalue weighted by molar-refractivity contribution is -0.384. The lowest BCUT2D eigenvalue weighted by Crippen LogP contribution is -2.25. The van der Waals surface area contributed by atoms with Crippen LogP contribution in [0.3, 0.4) is 0 Å². The summed E-state index contributed by atoms with van der Waals surface area (Å²) >= 11 is 0. The van der Waals surface area contributed by atoms with Crippen molar-refractivity contribution < 1.29 is 9.72 Å². The van der Waals surface area contributed by atoms with Gasteiger partial charge >= 0.3 is 0 Å². The maximum Gasteiger partial charge on any atom is 0.270 e. The fraction of sp³-hybridized carbons (Fsp3) is 0.200. The third-order valence-corrected chi connectivity index (χ3v) is 5.81. The first-order valence-electron chi connectivity index (χ1n) is 10.1. The fourth-order valence-electron chi connectivity index (χ4n) is 4.20. The predicted molar refractivity (Wildman–Crippen MR) is 120 cm³/mol. The Kier molecular flexibility index (Phi) is 5.38. The van der Waals surface area contributed by atoms with Crippen LogP contribution in [0.25, 0.3) is 0 Å². The van der Waals surface area contributed by atoms with Crippen molar-refractivity contribution in [3.8, 4) is 0 Å². The van der Waals surface area contributed by atoms with Gasteiger partial charge in [0.2, 0.25) is 5.91 Å². The average molecular weight is 413 g/mol. The van der Waals surface area contributed by atoms with E-state index in [9.17, 15) is 14.9 Å². The average Bonchev–Trinajstić information content (AvgIpc) is 3.51. The number of amides is 1. The second-order valence-electron chi connectivity index (χ2n) is 8.05. The van der Waals surface area contributed by atoms with E-state index < -0.39 is 4.92 Å². The molecule has 3 aromatic carbocycles. The Morgan fingerprint density at radius 2 is 1.65 bits per heavy atom. The van der Waals surface area contributed by atoms with Crippen LogP contribution in [0.5, 0.6) is 0 Å². The molecule has 0 heterocycles. The van der Waals surface area contributed by atoms with Gasteiger partial charge in [-0.2, -0.15) is 5.10 Å². The van der Waals surface area contributed by atoms with E-state index in [0.717, 1.165) is 22.3 Å². The summed E-state index contributed by atoms with van der Waals surface area (Å²) < 4.78 is 0. The number of nitrogens with one attached hydrogen (secondary N) is 1. The standard InChI is InChI=1S/C25H23N3O3/c1-17-6-3-9-20(12-17)25(21-10-4-7-18(2)13-21)15-23(25)24(29)27-26-16-19-8-5-11-22(14-19)28(30)31/h3-14,16,23H,15H2,1-2H3,(H,27,29)/b26-16-/t23-/m0/s1. The molecule has 31 heavy (non-hydrogen) atoms. The van der Waals surface area contributed by atoms with E-state index >= 15 is 0 Å². The van der Waals surface area contributed by atoms with Crippen LogP contribution in [0.15, 0.2) is 77.9 Å². The van der Waals surface area contributed by atoms with Crippen LogP contribution in [0.1, 0.15) is 34.2 Å². The molecule has 1 aliphatic carbocycles. The van der Waals surface area contributed by atoms with E-state index in [4.69, 9.17) is 0 Å². The highest BCUT2D eigenvalue weighted by molar-refractivity contribution is 5.88. The summed E-state index contributed by atoms with van der Waals surface area (Å²) in [5, 5.41) is 15.0. The van der Waals surface area contributed by atoms with Gasteiger partial charge in [-0.3, -0.25) is 14.9 Å². The number of non-ortho nitro benzene ring substituents is 1. The van der Waals surface area contributed by atoms with Gasteiger partial charge in [0.1, 0.15) is 0 Å². The monoisotopic (exact) mass is 413 g/mol. The Morgan fingerprint density at radius 3 is 2.23 bits per heavy atom. The Morgan fingerprint density at radius 1 is 1.03 bits per heavy atom. The van der Waals surface area contributed by atoms with Crippen molar-refractivity contribution in [3.05, 3.63) is 111 Å². The molecule has 0 spiro atoms. The van der Waals surface area contributed by atoms with E-state index in [-0.39, 0.29) is 22.9 Å². The maximum atomic E-state index is 13.0. The molecule has 0 aliphatic heterocycles. The molecule has 1 aliphatic rings. The molecule has 1 N–H and O–H groups in total. The van der Waals surface area contributed by atoms with Crippen LogP contribution >= 0.6 is 0 Å². The summed E-state index contributed by atoms with van der Waals surface area (Å²) in [6.07, 6.45) is 2.13. The Hall–Kier alpha value is -3.80. The van der Waals surface area contributed by atoms with Crippen LogP contribution in [0.4, 0.5) is 5.69 Å². The van der Waals surface area contributed by atoms with E-state index in [1.54, 1.807) is 12.1 Å². The van der Waals surface area contributed by atoms with Gasteiger partial charge in [-0.25, -0.2) is 5.43 Å². The van der Waals surface area contributed by atoms with Gasteiger partial charge in [-0.1, -0.05) is 71.8 Å². The summed E-state index contributed by atoms with van der Waals surface area (Å²) in [5.74, 6) is -0.400. The number of nitrogens with zero attached hydrogens (tertiary/aromatic N) is 2. The van der Waals surface area contributed by atoms with Crippen molar-refractivity contribution in [2.75, 3.05) is 0 Å². The summed E-state index contributed by atoms with van der Waals surface area (Å²) in [5.41, 5.74) is 7.34. The highest BCUT2D eigenvalue weighted by atomic mass is 16.6. The molecule has 0 saturated heterocycles. The normalized spacial score (nSPS) is 16.8. The third-order valence-electron chi connectivity index (χ3n) is 5.81. The van der Waals surface area contributed by atoms with Crippen molar-refractivity contribution in [1.29, 1.82) is 0 Å². The Balaban J connectivity index is 1.57. The molecule has 0 unspecified atom stereocenters. The van der Waals surface area contributed by atoms with Crippen LogP contribution < -0.4 is 5.43 Å². The van der Waals surface area contributed by atoms with Crippen LogP contribution in [-0.4, -0.2) is 17.0 Å². The highest BCUT2D eigenvalue weighted by Gasteiger charge is 2.60. The number of aryl methyl sites for hydroxylation is 2. The van der Waals surface area contributed by atoms with Gasteiger partial charge in [-0.15, -0.1) is 0 Å². The zero-order valence-corrected chi connectivity index (χ0v) is 17.4. The molecule has 4 rings (SSSR count). The minimum atomic E-state index is -0.460. The molecule has 156 valence electrons. The van der Waals surface area contributed by atoms with E-state index in [1.165, 1.54) is 18.3 Å². The Labute approximate surface area is 180 Å². The largest absolute Gasteiger partial charge is 0.273 e. The number of benzene rings is 3. The summed E-state index contributed by atoms with van der Waals surface area (Å²) in [6, 6.07) is 22.7. The second-order valence-corrected chi connectivity index (χ2v) is 8.05. The first kappa shape index (κ1) is 20.5. The number of hydrogen-bond donors (Lipinski definition) is 1. The first-order valence-corrected chi connectivity index (χ1v) is 10.1. The van der Waals surface area contributed by atoms with E-state index in [0.29, 0.717) is 12.0 Å². The van der Waals surface area contributed by atoms with Gasteiger partial charge in [-0.05, 0) is 31.4 Å². The zero-order valence-electron chi connectivity index (χ0n) is 17.4. The summed E-state index contributed by atoms with van der Waals surface area (Å²) in [6.45, 7) is 4.10. The first-order chi connectivity index (χ1) is 14.9. The quantitative estimate of drug-likeness (QED) is 0.362. The number of hydrogen-bond acceptors (Lipinski definition) is 4. The molecule has 3 aromatic rings. The molecule has 1 atom stereocenters. The van der Waals surface area contributed by atoms with Crippen molar-refractivity contribution in [2.45, 2.75) is 25.7 Å². The molecule has 1 amide bonds. The number of nitro groups is 1. The van der Waals surface area contributed by atoms with Crippen LogP contribution in [-0.2, 0) is 10.2 Å². The SMILES string of the molecule is Cc1cccc(C2(c3cccc(C)c3)C[C@H]2C(=O)N/N=C\c2cccc([N+](=O)[O-])c2)c1. The molecule has 0 radical (unpaired) electrons. The van der Waals surface area contributed by atoms with Crippen molar-refractivity contribution in [1.82, 2.24) is 5.43 Å². The van der Waals surface area contributed by atoms with Gasteiger partial charge in [0.05, 0.1) is 17.1 Å². The van der Waals surface area contributed by atoms with E-state index in [2.05, 4.69) is 34.8 Å². The smallest absolute Gasteiger partial charge is 0.270 e. The summed E-state index contributed by atoms with van der Waals surface area (Å²) in [7, 11) is 0.